The van der Waals surface area contributed by atoms with E-state index in [2.05, 4.69) is 16.7 Å². The zero-order valence-electron chi connectivity index (χ0n) is 17.5. The van der Waals surface area contributed by atoms with Crippen LogP contribution in [0.3, 0.4) is 0 Å². The third kappa shape index (κ3) is 4.51. The minimum absolute atomic E-state index is 0.141. The maximum atomic E-state index is 13.7. The molecule has 2 aliphatic rings. The van der Waals surface area contributed by atoms with Crippen LogP contribution in [0.25, 0.3) is 11.1 Å². The van der Waals surface area contributed by atoms with E-state index in [4.69, 9.17) is 11.6 Å². The highest BCUT2D eigenvalue weighted by molar-refractivity contribution is 7.91. The first-order chi connectivity index (χ1) is 14.3. The van der Waals surface area contributed by atoms with Crippen LogP contribution in [0.5, 0.6) is 0 Å². The third-order valence-electron chi connectivity index (χ3n) is 6.17. The molecule has 0 atom stereocenters. The highest BCUT2D eigenvalue weighted by Gasteiger charge is 2.32. The topological polar surface area (TPSA) is 40.6 Å². The van der Waals surface area contributed by atoms with Gasteiger partial charge in [0.25, 0.3) is 0 Å². The molecular weight excluding hydrogens is 423 g/mol. The van der Waals surface area contributed by atoms with Crippen LogP contribution in [0.15, 0.2) is 35.2 Å². The van der Waals surface area contributed by atoms with Crippen LogP contribution in [0, 0.1) is 18.7 Å². The average Bonchev–Trinajstić information content (AvgIpc) is 3.52. The summed E-state index contributed by atoms with van der Waals surface area (Å²) < 4.78 is 40.1. The molecule has 30 heavy (non-hydrogen) atoms. The molecule has 1 heterocycles. The zero-order chi connectivity index (χ0) is 21.5. The normalized spacial score (nSPS) is 18.1. The van der Waals surface area contributed by atoms with E-state index < -0.39 is 9.84 Å². The van der Waals surface area contributed by atoms with Gasteiger partial charge in [0.05, 0.1) is 15.7 Å². The summed E-state index contributed by atoms with van der Waals surface area (Å²) in [6.07, 6.45) is 1.92. The lowest BCUT2D eigenvalue weighted by molar-refractivity contribution is 0.271. The molecule has 0 spiro atoms. The summed E-state index contributed by atoms with van der Waals surface area (Å²) >= 11 is 6.70. The highest BCUT2D eigenvalue weighted by Crippen LogP contribution is 2.41. The predicted molar refractivity (Wildman–Crippen MR) is 121 cm³/mol. The molecular formula is C23H28ClFN2O2S. The molecule has 4 rings (SSSR count). The lowest BCUT2D eigenvalue weighted by Crippen LogP contribution is -2.46. The smallest absolute Gasteiger partial charge is 0.180 e. The predicted octanol–water partition coefficient (Wildman–Crippen LogP) is 4.78. The Morgan fingerprint density at radius 2 is 1.77 bits per heavy atom. The van der Waals surface area contributed by atoms with Crippen LogP contribution in [0.2, 0.25) is 5.02 Å². The fourth-order valence-corrected chi connectivity index (χ4v) is 6.50. The molecule has 7 heteroatoms. The zero-order valence-corrected chi connectivity index (χ0v) is 19.1. The van der Waals surface area contributed by atoms with Gasteiger partial charge in [-0.25, -0.2) is 12.8 Å². The number of nitrogens with zero attached hydrogens (tertiary/aromatic N) is 2. The molecule has 4 nitrogen and oxygen atoms in total. The molecule has 1 aliphatic heterocycles. The molecule has 0 unspecified atom stereocenters. The number of hydrogen-bond donors (Lipinski definition) is 0. The lowest BCUT2D eigenvalue weighted by Gasteiger charge is -2.36. The summed E-state index contributed by atoms with van der Waals surface area (Å²) in [6.45, 7) is 8.52. The number of sulfone groups is 1. The number of piperazine rings is 1. The van der Waals surface area contributed by atoms with Gasteiger partial charge in [-0.2, -0.15) is 0 Å². The third-order valence-corrected chi connectivity index (χ3v) is 8.60. The molecule has 2 aromatic rings. The molecule has 2 fully saturated rings. The maximum Gasteiger partial charge on any atom is 0.180 e. The SMILES string of the molecule is CCN1CCN(c2cc(-c3ccc(F)cc3C)c(Cl)c(S(=O)(=O)CC3CC3)c2)CC1. The fourth-order valence-electron chi connectivity index (χ4n) is 4.12. The van der Waals surface area contributed by atoms with Crippen LogP contribution in [-0.4, -0.2) is 51.8 Å². The van der Waals surface area contributed by atoms with Gasteiger partial charge in [-0.05, 0) is 67.6 Å². The lowest BCUT2D eigenvalue weighted by atomic mass is 9.99. The maximum absolute atomic E-state index is 13.7. The number of likely N-dealkylation sites (N-methyl/N-ethyl adjacent to an activating group) is 1. The van der Waals surface area contributed by atoms with Gasteiger partial charge in [0.15, 0.2) is 9.84 Å². The van der Waals surface area contributed by atoms with Gasteiger partial charge in [-0.3, -0.25) is 0 Å². The molecule has 162 valence electrons. The van der Waals surface area contributed by atoms with Crippen LogP contribution in [0.1, 0.15) is 25.3 Å². The van der Waals surface area contributed by atoms with Crippen LogP contribution in [0.4, 0.5) is 10.1 Å². The van der Waals surface area contributed by atoms with Crippen LogP contribution < -0.4 is 4.90 Å². The summed E-state index contributed by atoms with van der Waals surface area (Å²) in [5, 5.41) is 0.237. The number of anilines is 1. The van der Waals surface area contributed by atoms with Crippen molar-refractivity contribution in [1.29, 1.82) is 0 Å². The Morgan fingerprint density at radius 3 is 2.37 bits per heavy atom. The van der Waals surface area contributed by atoms with Gasteiger partial charge in [0.2, 0.25) is 0 Å². The summed E-state index contributed by atoms with van der Waals surface area (Å²) in [6, 6.07) is 8.23. The minimum atomic E-state index is -3.50. The molecule has 1 aliphatic carbocycles. The van der Waals surface area contributed by atoms with Crippen molar-refractivity contribution >= 4 is 27.1 Å². The second-order valence-electron chi connectivity index (χ2n) is 8.41. The first kappa shape index (κ1) is 21.6. The van der Waals surface area contributed by atoms with E-state index in [1.165, 1.54) is 12.1 Å². The van der Waals surface area contributed by atoms with E-state index in [9.17, 15) is 12.8 Å². The number of benzene rings is 2. The van der Waals surface area contributed by atoms with E-state index in [-0.39, 0.29) is 27.4 Å². The monoisotopic (exact) mass is 450 g/mol. The molecule has 0 radical (unpaired) electrons. The number of hydrogen-bond acceptors (Lipinski definition) is 4. The van der Waals surface area contributed by atoms with Crippen molar-refractivity contribution in [1.82, 2.24) is 4.90 Å². The summed E-state index contributed by atoms with van der Waals surface area (Å²) in [5.41, 5.74) is 3.01. The molecule has 0 bridgehead atoms. The fraction of sp³-hybridized carbons (Fsp3) is 0.478. The summed E-state index contributed by atoms with van der Waals surface area (Å²) in [4.78, 5) is 4.80. The van der Waals surface area contributed by atoms with Gasteiger partial charge < -0.3 is 9.80 Å². The van der Waals surface area contributed by atoms with Gasteiger partial charge in [-0.15, -0.1) is 0 Å². The van der Waals surface area contributed by atoms with Crippen LogP contribution in [-0.2, 0) is 9.84 Å². The first-order valence-corrected chi connectivity index (χ1v) is 12.6. The molecule has 2 aromatic carbocycles. The Labute approximate surface area is 183 Å². The Kier molecular flexibility index (Phi) is 6.11. The quantitative estimate of drug-likeness (QED) is 0.635. The molecule has 1 saturated carbocycles. The second kappa shape index (κ2) is 8.48. The van der Waals surface area contributed by atoms with Crippen molar-refractivity contribution in [2.75, 3.05) is 43.4 Å². The number of aryl methyl sites for hydroxylation is 1. The standard InChI is InChI=1S/C23H28ClFN2O2S/c1-3-26-8-10-27(11-9-26)19-13-21(20-7-6-18(25)12-16(20)2)23(24)22(14-19)30(28,29)15-17-4-5-17/h6-7,12-14,17H,3-5,8-11,15H2,1-2H3. The molecule has 0 amide bonds. The van der Waals surface area contributed by atoms with Crippen molar-refractivity contribution in [3.63, 3.8) is 0 Å². The summed E-state index contributed by atoms with van der Waals surface area (Å²) in [7, 11) is -3.50. The van der Waals surface area contributed by atoms with E-state index in [1.54, 1.807) is 12.1 Å². The average molecular weight is 451 g/mol. The first-order valence-electron chi connectivity index (χ1n) is 10.6. The highest BCUT2D eigenvalue weighted by atomic mass is 35.5. The van der Waals surface area contributed by atoms with E-state index >= 15 is 0 Å². The number of rotatable bonds is 6. The number of halogens is 2. The van der Waals surface area contributed by atoms with Crippen molar-refractivity contribution in [2.24, 2.45) is 5.92 Å². The Hall–Kier alpha value is -1.63. The van der Waals surface area contributed by atoms with Gasteiger partial charge in [0, 0.05) is 37.4 Å². The largest absolute Gasteiger partial charge is 0.369 e. The molecule has 0 N–H and O–H groups in total. The van der Waals surface area contributed by atoms with Gasteiger partial charge in [-0.1, -0.05) is 24.6 Å². The van der Waals surface area contributed by atoms with Crippen molar-refractivity contribution in [3.8, 4) is 11.1 Å². The molecule has 0 aromatic heterocycles. The van der Waals surface area contributed by atoms with E-state index in [0.717, 1.165) is 62.4 Å². The van der Waals surface area contributed by atoms with Gasteiger partial charge >= 0.3 is 0 Å². The van der Waals surface area contributed by atoms with Crippen molar-refractivity contribution < 1.29 is 12.8 Å². The Balaban J connectivity index is 1.81. The van der Waals surface area contributed by atoms with E-state index in [1.807, 2.05) is 13.0 Å². The van der Waals surface area contributed by atoms with E-state index in [0.29, 0.717) is 5.56 Å². The van der Waals surface area contributed by atoms with Gasteiger partial charge in [0.1, 0.15) is 5.82 Å². The minimum Gasteiger partial charge on any atom is -0.369 e. The Bertz CT molecular complexity index is 1050. The summed E-state index contributed by atoms with van der Waals surface area (Å²) in [5.74, 6) is 0.0568. The molecule has 1 saturated heterocycles. The van der Waals surface area contributed by atoms with Crippen molar-refractivity contribution in [3.05, 3.63) is 46.7 Å². The van der Waals surface area contributed by atoms with Crippen molar-refractivity contribution in [2.45, 2.75) is 31.6 Å². The second-order valence-corrected chi connectivity index (χ2v) is 10.8. The van der Waals surface area contributed by atoms with Crippen LogP contribution >= 0.6 is 11.6 Å². The Morgan fingerprint density at radius 1 is 1.07 bits per heavy atom.